The summed E-state index contributed by atoms with van der Waals surface area (Å²) in [4.78, 5) is 7.04. The van der Waals surface area contributed by atoms with Crippen LogP contribution in [-0.4, -0.2) is 41.7 Å². The number of nitrogens with zero attached hydrogens (tertiary/aromatic N) is 2. The lowest BCUT2D eigenvalue weighted by molar-refractivity contribution is 0.0685. The first kappa shape index (κ1) is 18.1. The van der Waals surface area contributed by atoms with E-state index in [9.17, 15) is 0 Å². The normalized spacial score (nSPS) is 11.8. The van der Waals surface area contributed by atoms with E-state index in [2.05, 4.69) is 49.8 Å². The molecule has 1 heterocycles. The molecular formula is C17H31N3O. The number of hydrogen-bond donors (Lipinski definition) is 1. The van der Waals surface area contributed by atoms with E-state index in [1.54, 1.807) is 0 Å². The van der Waals surface area contributed by atoms with Gasteiger partial charge in [-0.1, -0.05) is 13.0 Å². The molecule has 0 aromatic carbocycles. The van der Waals surface area contributed by atoms with E-state index in [0.717, 1.165) is 37.6 Å². The largest absolute Gasteiger partial charge is 0.374 e. The van der Waals surface area contributed by atoms with Gasteiger partial charge in [0.2, 0.25) is 0 Å². The van der Waals surface area contributed by atoms with E-state index < -0.39 is 0 Å². The molecule has 0 aliphatic heterocycles. The van der Waals surface area contributed by atoms with Gasteiger partial charge in [0.25, 0.3) is 0 Å². The molecule has 0 saturated heterocycles. The predicted octanol–water partition coefficient (Wildman–Crippen LogP) is 2.83. The van der Waals surface area contributed by atoms with Gasteiger partial charge in [0.05, 0.1) is 24.6 Å². The van der Waals surface area contributed by atoms with Crippen molar-refractivity contribution < 1.29 is 4.74 Å². The van der Waals surface area contributed by atoms with E-state index in [1.807, 2.05) is 18.2 Å². The number of hydrogen-bond acceptors (Lipinski definition) is 4. The summed E-state index contributed by atoms with van der Waals surface area (Å²) in [6.07, 6.45) is 0. The smallest absolute Gasteiger partial charge is 0.0888 e. The first-order valence-electron chi connectivity index (χ1n) is 8.03. The SMILES string of the molecule is CCNCc1cccc(COCCN(C(C)C)C(C)C)n1. The van der Waals surface area contributed by atoms with Gasteiger partial charge in [0.15, 0.2) is 0 Å². The van der Waals surface area contributed by atoms with Gasteiger partial charge in [-0.05, 0) is 46.4 Å². The monoisotopic (exact) mass is 293 g/mol. The maximum atomic E-state index is 5.79. The van der Waals surface area contributed by atoms with Crippen molar-refractivity contribution >= 4 is 0 Å². The Balaban J connectivity index is 2.35. The van der Waals surface area contributed by atoms with Crippen molar-refractivity contribution in [2.24, 2.45) is 0 Å². The van der Waals surface area contributed by atoms with Crippen molar-refractivity contribution in [2.75, 3.05) is 19.7 Å². The molecule has 120 valence electrons. The molecule has 1 N–H and O–H groups in total. The van der Waals surface area contributed by atoms with Gasteiger partial charge in [-0.15, -0.1) is 0 Å². The zero-order chi connectivity index (χ0) is 15.7. The van der Waals surface area contributed by atoms with Gasteiger partial charge >= 0.3 is 0 Å². The fourth-order valence-electron chi connectivity index (χ4n) is 2.42. The quantitative estimate of drug-likeness (QED) is 0.673. The summed E-state index contributed by atoms with van der Waals surface area (Å²) in [6.45, 7) is 15.1. The third kappa shape index (κ3) is 7.02. The second kappa shape index (κ2) is 9.87. The fraction of sp³-hybridized carbons (Fsp3) is 0.706. The molecule has 0 fully saturated rings. The summed E-state index contributed by atoms with van der Waals surface area (Å²) in [5, 5.41) is 3.29. The second-order valence-electron chi connectivity index (χ2n) is 5.88. The highest BCUT2D eigenvalue weighted by atomic mass is 16.5. The molecule has 0 aliphatic rings. The van der Waals surface area contributed by atoms with Crippen LogP contribution in [0.25, 0.3) is 0 Å². The van der Waals surface area contributed by atoms with E-state index in [-0.39, 0.29) is 0 Å². The summed E-state index contributed by atoms with van der Waals surface area (Å²) in [5.41, 5.74) is 2.08. The molecule has 0 radical (unpaired) electrons. The van der Waals surface area contributed by atoms with Crippen LogP contribution in [0.4, 0.5) is 0 Å². The molecule has 1 aromatic heterocycles. The highest BCUT2D eigenvalue weighted by molar-refractivity contribution is 5.10. The van der Waals surface area contributed by atoms with Crippen LogP contribution in [0.5, 0.6) is 0 Å². The van der Waals surface area contributed by atoms with E-state index in [1.165, 1.54) is 0 Å². The molecule has 0 aliphatic carbocycles. The minimum absolute atomic E-state index is 0.551. The standard InChI is InChI=1S/C17H31N3O/c1-6-18-12-16-8-7-9-17(19-16)13-21-11-10-20(14(2)3)15(4)5/h7-9,14-15,18H,6,10-13H2,1-5H3. The van der Waals surface area contributed by atoms with Crippen molar-refractivity contribution in [3.63, 3.8) is 0 Å². The van der Waals surface area contributed by atoms with Gasteiger partial charge in [0, 0.05) is 25.2 Å². The van der Waals surface area contributed by atoms with Crippen LogP contribution in [0.15, 0.2) is 18.2 Å². The third-order valence-electron chi connectivity index (χ3n) is 3.49. The molecule has 4 nitrogen and oxygen atoms in total. The van der Waals surface area contributed by atoms with Gasteiger partial charge in [-0.25, -0.2) is 0 Å². The van der Waals surface area contributed by atoms with Crippen molar-refractivity contribution in [3.8, 4) is 0 Å². The molecule has 0 spiro atoms. The van der Waals surface area contributed by atoms with Crippen molar-refractivity contribution in [3.05, 3.63) is 29.6 Å². The fourth-order valence-corrected chi connectivity index (χ4v) is 2.42. The molecule has 0 unspecified atom stereocenters. The van der Waals surface area contributed by atoms with Crippen LogP contribution in [0.1, 0.15) is 46.0 Å². The Bertz CT molecular complexity index is 385. The second-order valence-corrected chi connectivity index (χ2v) is 5.88. The maximum absolute atomic E-state index is 5.79. The molecule has 1 rings (SSSR count). The Labute approximate surface area is 129 Å². The Kier molecular flexibility index (Phi) is 8.50. The van der Waals surface area contributed by atoms with Crippen LogP contribution in [0.3, 0.4) is 0 Å². The molecule has 0 saturated carbocycles. The minimum atomic E-state index is 0.551. The van der Waals surface area contributed by atoms with E-state index in [0.29, 0.717) is 18.7 Å². The lowest BCUT2D eigenvalue weighted by Crippen LogP contribution is -2.39. The Hall–Kier alpha value is -0.970. The molecule has 0 amide bonds. The van der Waals surface area contributed by atoms with Crippen LogP contribution in [0.2, 0.25) is 0 Å². The third-order valence-corrected chi connectivity index (χ3v) is 3.49. The van der Waals surface area contributed by atoms with E-state index in [4.69, 9.17) is 4.74 Å². The zero-order valence-electron chi connectivity index (χ0n) is 14.2. The van der Waals surface area contributed by atoms with Crippen molar-refractivity contribution in [1.29, 1.82) is 0 Å². The van der Waals surface area contributed by atoms with Crippen LogP contribution in [-0.2, 0) is 17.9 Å². The first-order chi connectivity index (χ1) is 10.0. The molecule has 0 atom stereocenters. The summed E-state index contributed by atoms with van der Waals surface area (Å²) >= 11 is 0. The molecule has 0 bridgehead atoms. The summed E-state index contributed by atoms with van der Waals surface area (Å²) in [6, 6.07) is 7.22. The van der Waals surface area contributed by atoms with Crippen LogP contribution in [0, 0.1) is 0 Å². The lowest BCUT2D eigenvalue weighted by Gasteiger charge is -2.30. The number of pyridine rings is 1. The summed E-state index contributed by atoms with van der Waals surface area (Å²) in [7, 11) is 0. The van der Waals surface area contributed by atoms with Gasteiger partial charge in [-0.2, -0.15) is 0 Å². The highest BCUT2D eigenvalue weighted by Gasteiger charge is 2.12. The van der Waals surface area contributed by atoms with E-state index >= 15 is 0 Å². The predicted molar refractivity (Wildman–Crippen MR) is 88.3 cm³/mol. The van der Waals surface area contributed by atoms with Gasteiger partial charge < -0.3 is 10.1 Å². The number of ether oxygens (including phenoxy) is 1. The molecule has 21 heavy (non-hydrogen) atoms. The van der Waals surface area contributed by atoms with Crippen molar-refractivity contribution in [2.45, 2.75) is 59.9 Å². The number of nitrogens with one attached hydrogen (secondary N) is 1. The highest BCUT2D eigenvalue weighted by Crippen LogP contribution is 2.05. The summed E-state index contributed by atoms with van der Waals surface area (Å²) in [5.74, 6) is 0. The summed E-state index contributed by atoms with van der Waals surface area (Å²) < 4.78 is 5.79. The molecule has 1 aromatic rings. The molecular weight excluding hydrogens is 262 g/mol. The minimum Gasteiger partial charge on any atom is -0.374 e. The lowest BCUT2D eigenvalue weighted by atomic mass is 10.2. The van der Waals surface area contributed by atoms with Gasteiger partial charge in [0.1, 0.15) is 0 Å². The maximum Gasteiger partial charge on any atom is 0.0888 e. The number of aromatic nitrogens is 1. The van der Waals surface area contributed by atoms with Crippen molar-refractivity contribution in [1.82, 2.24) is 15.2 Å². The zero-order valence-corrected chi connectivity index (χ0v) is 14.2. The van der Waals surface area contributed by atoms with Crippen LogP contribution < -0.4 is 5.32 Å². The van der Waals surface area contributed by atoms with Gasteiger partial charge in [-0.3, -0.25) is 9.88 Å². The Morgan fingerprint density at radius 1 is 1.14 bits per heavy atom. The first-order valence-corrected chi connectivity index (χ1v) is 8.03. The average molecular weight is 293 g/mol. The molecule has 4 heteroatoms. The van der Waals surface area contributed by atoms with Crippen LogP contribution >= 0.6 is 0 Å². The average Bonchev–Trinajstić information content (AvgIpc) is 2.44. The topological polar surface area (TPSA) is 37.4 Å². The Morgan fingerprint density at radius 3 is 2.43 bits per heavy atom. The Morgan fingerprint density at radius 2 is 1.81 bits per heavy atom. The number of rotatable bonds is 10.